The zero-order valence-electron chi connectivity index (χ0n) is 9.14. The van der Waals surface area contributed by atoms with Gasteiger partial charge in [0, 0.05) is 6.54 Å². The van der Waals surface area contributed by atoms with Gasteiger partial charge in [-0.2, -0.15) is 0 Å². The average Bonchev–Trinajstić information content (AvgIpc) is 2.59. The number of carbonyl (C=O) groups is 1. The molecule has 1 atom stereocenters. The van der Waals surface area contributed by atoms with Crippen molar-refractivity contribution in [1.29, 1.82) is 0 Å². The van der Waals surface area contributed by atoms with E-state index in [0.29, 0.717) is 18.7 Å². The first-order chi connectivity index (χ1) is 8.04. The number of anilines is 1. The van der Waals surface area contributed by atoms with Gasteiger partial charge in [-0.1, -0.05) is 23.2 Å². The summed E-state index contributed by atoms with van der Waals surface area (Å²) in [4.78, 5) is 13.5. The maximum atomic E-state index is 13.1. The third-order valence-corrected chi connectivity index (χ3v) is 3.38. The molecular formula is C11H11Cl2FN2O. The van der Waals surface area contributed by atoms with Crippen LogP contribution in [0.1, 0.15) is 6.42 Å². The normalized spacial score (nSPS) is 20.1. The van der Waals surface area contributed by atoms with E-state index in [1.54, 1.807) is 7.05 Å². The van der Waals surface area contributed by atoms with Gasteiger partial charge in [-0.3, -0.25) is 4.79 Å². The molecular weight excluding hydrogens is 266 g/mol. The van der Waals surface area contributed by atoms with Gasteiger partial charge in [0.1, 0.15) is 5.82 Å². The molecule has 0 aromatic heterocycles. The summed E-state index contributed by atoms with van der Waals surface area (Å²) in [6.45, 7) is 0.523. The van der Waals surface area contributed by atoms with Gasteiger partial charge in [-0.05, 0) is 25.6 Å². The molecule has 1 heterocycles. The van der Waals surface area contributed by atoms with Crippen LogP contribution in [0.2, 0.25) is 10.0 Å². The maximum absolute atomic E-state index is 13.1. The fourth-order valence-electron chi connectivity index (χ4n) is 1.96. The van der Waals surface area contributed by atoms with Crippen molar-refractivity contribution in [2.75, 3.05) is 18.5 Å². The van der Waals surface area contributed by atoms with E-state index in [0.717, 1.165) is 12.1 Å². The second-order valence-electron chi connectivity index (χ2n) is 3.84. The van der Waals surface area contributed by atoms with Crippen LogP contribution in [0.3, 0.4) is 0 Å². The smallest absolute Gasteiger partial charge is 0.244 e. The molecule has 1 unspecified atom stereocenters. The lowest BCUT2D eigenvalue weighted by Gasteiger charge is -2.19. The van der Waals surface area contributed by atoms with E-state index in [1.165, 1.54) is 4.90 Å². The molecule has 2 rings (SSSR count). The summed E-state index contributed by atoms with van der Waals surface area (Å²) in [5.74, 6) is -0.608. The fourth-order valence-corrected chi connectivity index (χ4v) is 2.63. The summed E-state index contributed by atoms with van der Waals surface area (Å²) in [6, 6.07) is 2.08. The number of hydrogen-bond donors (Lipinski definition) is 1. The van der Waals surface area contributed by atoms with Crippen molar-refractivity contribution in [3.8, 4) is 0 Å². The summed E-state index contributed by atoms with van der Waals surface area (Å²) >= 11 is 11.9. The largest absolute Gasteiger partial charge is 0.309 e. The van der Waals surface area contributed by atoms with Gasteiger partial charge < -0.3 is 10.2 Å². The van der Waals surface area contributed by atoms with E-state index in [4.69, 9.17) is 23.2 Å². The molecule has 1 saturated heterocycles. The van der Waals surface area contributed by atoms with Crippen LogP contribution < -0.4 is 10.2 Å². The van der Waals surface area contributed by atoms with Crippen molar-refractivity contribution in [2.24, 2.45) is 0 Å². The molecule has 0 saturated carbocycles. The van der Waals surface area contributed by atoms with Crippen molar-refractivity contribution in [3.63, 3.8) is 0 Å². The van der Waals surface area contributed by atoms with Crippen LogP contribution in [0.5, 0.6) is 0 Å². The number of rotatable bonds is 2. The van der Waals surface area contributed by atoms with E-state index in [2.05, 4.69) is 5.32 Å². The van der Waals surface area contributed by atoms with Gasteiger partial charge in [0.15, 0.2) is 0 Å². The van der Waals surface area contributed by atoms with Gasteiger partial charge >= 0.3 is 0 Å². The topological polar surface area (TPSA) is 32.3 Å². The summed E-state index contributed by atoms with van der Waals surface area (Å²) < 4.78 is 13.1. The van der Waals surface area contributed by atoms with E-state index >= 15 is 0 Å². The monoisotopic (exact) mass is 276 g/mol. The molecule has 1 amide bonds. The number of nitrogens with one attached hydrogen (secondary N) is 1. The molecule has 1 aliphatic heterocycles. The Labute approximate surface area is 108 Å². The Kier molecular flexibility index (Phi) is 3.56. The predicted molar refractivity (Wildman–Crippen MR) is 66.2 cm³/mol. The molecule has 0 aliphatic carbocycles. The van der Waals surface area contributed by atoms with Crippen LogP contribution in [-0.2, 0) is 4.79 Å². The molecule has 1 N–H and O–H groups in total. The Morgan fingerprint density at radius 3 is 2.47 bits per heavy atom. The first-order valence-corrected chi connectivity index (χ1v) is 5.93. The highest BCUT2D eigenvalue weighted by atomic mass is 35.5. The van der Waals surface area contributed by atoms with Crippen LogP contribution in [0, 0.1) is 5.82 Å². The molecule has 0 bridgehead atoms. The van der Waals surface area contributed by atoms with E-state index < -0.39 is 5.82 Å². The average molecular weight is 277 g/mol. The number of nitrogens with zero attached hydrogens (tertiary/aromatic N) is 1. The molecule has 1 aromatic rings. The van der Waals surface area contributed by atoms with Gasteiger partial charge in [-0.25, -0.2) is 4.39 Å². The Bertz CT molecular complexity index is 444. The van der Waals surface area contributed by atoms with Crippen LogP contribution in [-0.4, -0.2) is 25.5 Å². The van der Waals surface area contributed by atoms with Crippen LogP contribution in [0.4, 0.5) is 10.1 Å². The first kappa shape index (κ1) is 12.6. The van der Waals surface area contributed by atoms with Crippen LogP contribution in [0.25, 0.3) is 0 Å². The number of halogens is 3. The standard InChI is InChI=1S/C11H11Cl2FN2O/c1-15-9-2-3-16(11(9)17)10-7(12)4-6(14)5-8(10)13/h4-5,9,15H,2-3H2,1H3. The molecule has 6 heteroatoms. The SMILES string of the molecule is CNC1CCN(c2c(Cl)cc(F)cc2Cl)C1=O. The lowest BCUT2D eigenvalue weighted by molar-refractivity contribution is -0.118. The van der Waals surface area contributed by atoms with Crippen molar-refractivity contribution in [2.45, 2.75) is 12.5 Å². The fraction of sp³-hybridized carbons (Fsp3) is 0.364. The predicted octanol–water partition coefficient (Wildman–Crippen LogP) is 2.46. The first-order valence-electron chi connectivity index (χ1n) is 5.17. The van der Waals surface area contributed by atoms with Crippen molar-refractivity contribution in [1.82, 2.24) is 5.32 Å². The zero-order valence-corrected chi connectivity index (χ0v) is 10.6. The number of likely N-dealkylation sites (N-methyl/N-ethyl adjacent to an activating group) is 1. The molecule has 1 aliphatic rings. The molecule has 92 valence electrons. The van der Waals surface area contributed by atoms with E-state index in [-0.39, 0.29) is 22.0 Å². The number of carbonyl (C=O) groups excluding carboxylic acids is 1. The van der Waals surface area contributed by atoms with E-state index in [9.17, 15) is 9.18 Å². The number of amides is 1. The Balaban J connectivity index is 2.39. The highest BCUT2D eigenvalue weighted by Crippen LogP contribution is 2.36. The summed E-state index contributed by atoms with van der Waals surface area (Å²) in [7, 11) is 1.72. The number of hydrogen-bond acceptors (Lipinski definition) is 2. The third-order valence-electron chi connectivity index (χ3n) is 2.81. The van der Waals surface area contributed by atoms with Gasteiger partial charge in [-0.15, -0.1) is 0 Å². The van der Waals surface area contributed by atoms with Crippen molar-refractivity contribution >= 4 is 34.8 Å². The highest BCUT2D eigenvalue weighted by Gasteiger charge is 2.33. The Morgan fingerprint density at radius 2 is 2.00 bits per heavy atom. The summed E-state index contributed by atoms with van der Waals surface area (Å²) in [5, 5.41) is 3.22. The summed E-state index contributed by atoms with van der Waals surface area (Å²) in [5.41, 5.74) is 0.387. The van der Waals surface area contributed by atoms with Gasteiger partial charge in [0.25, 0.3) is 0 Å². The molecule has 1 fully saturated rings. The van der Waals surface area contributed by atoms with Crippen LogP contribution >= 0.6 is 23.2 Å². The summed E-state index contributed by atoms with van der Waals surface area (Å²) in [6.07, 6.45) is 0.680. The lowest BCUT2D eigenvalue weighted by Crippen LogP contribution is -2.36. The van der Waals surface area contributed by atoms with E-state index in [1.807, 2.05) is 0 Å². The molecule has 17 heavy (non-hydrogen) atoms. The maximum Gasteiger partial charge on any atom is 0.244 e. The minimum atomic E-state index is -0.513. The lowest BCUT2D eigenvalue weighted by atomic mass is 10.2. The zero-order chi connectivity index (χ0) is 12.6. The minimum Gasteiger partial charge on any atom is -0.309 e. The molecule has 1 aromatic carbocycles. The quantitative estimate of drug-likeness (QED) is 0.900. The Hall–Kier alpha value is -0.840. The van der Waals surface area contributed by atoms with Crippen molar-refractivity contribution < 1.29 is 9.18 Å². The van der Waals surface area contributed by atoms with Crippen molar-refractivity contribution in [3.05, 3.63) is 28.0 Å². The Morgan fingerprint density at radius 1 is 1.41 bits per heavy atom. The van der Waals surface area contributed by atoms with Crippen LogP contribution in [0.15, 0.2) is 12.1 Å². The highest BCUT2D eigenvalue weighted by molar-refractivity contribution is 6.40. The molecule has 3 nitrogen and oxygen atoms in total. The molecule has 0 spiro atoms. The number of benzene rings is 1. The van der Waals surface area contributed by atoms with Gasteiger partial charge in [0.05, 0.1) is 21.8 Å². The third kappa shape index (κ3) is 2.25. The van der Waals surface area contributed by atoms with Gasteiger partial charge in [0.2, 0.25) is 5.91 Å². The second kappa shape index (κ2) is 4.80. The second-order valence-corrected chi connectivity index (χ2v) is 4.65. The molecule has 0 radical (unpaired) electrons. The minimum absolute atomic E-state index is 0.0945.